The van der Waals surface area contributed by atoms with E-state index in [1.54, 1.807) is 0 Å². The summed E-state index contributed by atoms with van der Waals surface area (Å²) in [6, 6.07) is 3.79. The van der Waals surface area contributed by atoms with E-state index in [1.165, 1.54) is 0 Å². The maximum Gasteiger partial charge on any atom is 0.0468 e. The van der Waals surface area contributed by atoms with E-state index in [2.05, 4.69) is 6.92 Å². The molecule has 0 radical (unpaired) electrons. The van der Waals surface area contributed by atoms with E-state index in [0.717, 1.165) is 27.6 Å². The molecule has 11 heavy (non-hydrogen) atoms. The van der Waals surface area contributed by atoms with Gasteiger partial charge >= 0.3 is 0 Å². The number of halogens is 2. The van der Waals surface area contributed by atoms with Crippen LogP contribution in [0.3, 0.4) is 0 Å². The number of aryl methyl sites for hydroxylation is 2. The molecular weight excluding hydrogens is 179 g/mol. The second kappa shape index (κ2) is 3.46. The summed E-state index contributed by atoms with van der Waals surface area (Å²) in [5.41, 5.74) is 2.17. The number of benzene rings is 1. The normalized spacial score (nSPS) is 10.2. The molecule has 0 heterocycles. The topological polar surface area (TPSA) is 0 Å². The largest absolute Gasteiger partial charge is 0.0843 e. The molecule has 0 aliphatic rings. The predicted molar refractivity (Wildman–Crippen MR) is 50.6 cm³/mol. The third-order valence-electron chi connectivity index (χ3n) is 1.68. The lowest BCUT2D eigenvalue weighted by Gasteiger charge is -2.04. The minimum atomic E-state index is 0.767. The molecular formula is C9H10Cl2. The maximum atomic E-state index is 6.01. The molecule has 0 aliphatic heterocycles. The van der Waals surface area contributed by atoms with Crippen molar-refractivity contribution in [3.63, 3.8) is 0 Å². The van der Waals surface area contributed by atoms with Gasteiger partial charge < -0.3 is 0 Å². The maximum absolute atomic E-state index is 6.01. The molecule has 0 nitrogen and oxygen atoms in total. The average Bonchev–Trinajstić information content (AvgIpc) is 1.96. The highest BCUT2D eigenvalue weighted by Gasteiger charge is 2.02. The monoisotopic (exact) mass is 188 g/mol. The highest BCUT2D eigenvalue weighted by atomic mass is 35.5. The van der Waals surface area contributed by atoms with Crippen LogP contribution >= 0.6 is 23.2 Å². The van der Waals surface area contributed by atoms with E-state index in [0.29, 0.717) is 0 Å². The Morgan fingerprint density at radius 1 is 1.27 bits per heavy atom. The van der Waals surface area contributed by atoms with Gasteiger partial charge in [0.25, 0.3) is 0 Å². The van der Waals surface area contributed by atoms with Crippen LogP contribution in [0, 0.1) is 6.92 Å². The first-order valence-electron chi connectivity index (χ1n) is 3.59. The van der Waals surface area contributed by atoms with Gasteiger partial charge in [0.05, 0.1) is 0 Å². The molecule has 0 fully saturated rings. The fourth-order valence-corrected chi connectivity index (χ4v) is 1.59. The van der Waals surface area contributed by atoms with E-state index in [-0.39, 0.29) is 0 Å². The summed E-state index contributed by atoms with van der Waals surface area (Å²) in [5.74, 6) is 0. The summed E-state index contributed by atoms with van der Waals surface area (Å²) >= 11 is 11.8. The molecule has 0 saturated carbocycles. The molecule has 1 aromatic carbocycles. The van der Waals surface area contributed by atoms with Crippen LogP contribution in [0.1, 0.15) is 18.1 Å². The van der Waals surface area contributed by atoms with Gasteiger partial charge in [-0.3, -0.25) is 0 Å². The van der Waals surface area contributed by atoms with Gasteiger partial charge in [-0.2, -0.15) is 0 Å². The predicted octanol–water partition coefficient (Wildman–Crippen LogP) is 3.86. The van der Waals surface area contributed by atoms with Crippen molar-refractivity contribution in [2.45, 2.75) is 20.3 Å². The third-order valence-corrected chi connectivity index (χ3v) is 2.43. The van der Waals surface area contributed by atoms with Crippen molar-refractivity contribution in [3.8, 4) is 0 Å². The van der Waals surface area contributed by atoms with Crippen molar-refractivity contribution in [2.24, 2.45) is 0 Å². The van der Waals surface area contributed by atoms with Crippen LogP contribution in [0.2, 0.25) is 10.0 Å². The minimum absolute atomic E-state index is 0.767. The highest BCUT2D eigenvalue weighted by Crippen LogP contribution is 2.25. The zero-order chi connectivity index (χ0) is 8.43. The summed E-state index contributed by atoms with van der Waals surface area (Å²) in [6.45, 7) is 4.03. The Balaban J connectivity index is 3.24. The van der Waals surface area contributed by atoms with Gasteiger partial charge in [0.15, 0.2) is 0 Å². The molecule has 0 unspecified atom stereocenters. The molecule has 0 amide bonds. The van der Waals surface area contributed by atoms with Crippen molar-refractivity contribution in [1.82, 2.24) is 0 Å². The average molecular weight is 189 g/mol. The van der Waals surface area contributed by atoms with Gasteiger partial charge in [-0.25, -0.2) is 0 Å². The Hall–Kier alpha value is -0.200. The van der Waals surface area contributed by atoms with Gasteiger partial charge in [-0.1, -0.05) is 30.1 Å². The van der Waals surface area contributed by atoms with Crippen LogP contribution in [-0.4, -0.2) is 0 Å². The lowest BCUT2D eigenvalue weighted by molar-refractivity contribution is 1.13. The van der Waals surface area contributed by atoms with Gasteiger partial charge in [0.1, 0.15) is 0 Å². The van der Waals surface area contributed by atoms with Crippen molar-refractivity contribution in [1.29, 1.82) is 0 Å². The van der Waals surface area contributed by atoms with Crippen LogP contribution < -0.4 is 0 Å². The Morgan fingerprint density at radius 3 is 2.45 bits per heavy atom. The molecule has 1 rings (SSSR count). The SMILES string of the molecule is CCc1cc(Cl)cc(C)c1Cl. The Labute approximate surface area is 77.1 Å². The lowest BCUT2D eigenvalue weighted by atomic mass is 10.1. The van der Waals surface area contributed by atoms with Gasteiger partial charge in [0.2, 0.25) is 0 Å². The lowest BCUT2D eigenvalue weighted by Crippen LogP contribution is -1.85. The molecule has 0 N–H and O–H groups in total. The second-order valence-electron chi connectivity index (χ2n) is 2.55. The van der Waals surface area contributed by atoms with E-state index < -0.39 is 0 Å². The standard InChI is InChI=1S/C9H10Cl2/c1-3-7-5-8(10)4-6(2)9(7)11/h4-5H,3H2,1-2H3. The first-order valence-corrected chi connectivity index (χ1v) is 4.35. The van der Waals surface area contributed by atoms with Gasteiger partial charge in [0, 0.05) is 10.0 Å². The first-order chi connectivity index (χ1) is 5.15. The molecule has 2 heteroatoms. The molecule has 0 atom stereocenters. The summed E-state index contributed by atoms with van der Waals surface area (Å²) < 4.78 is 0. The van der Waals surface area contributed by atoms with E-state index in [9.17, 15) is 0 Å². The third kappa shape index (κ3) is 1.88. The molecule has 0 aromatic heterocycles. The zero-order valence-corrected chi connectivity index (χ0v) is 8.13. The fraction of sp³-hybridized carbons (Fsp3) is 0.333. The number of hydrogen-bond acceptors (Lipinski definition) is 0. The Morgan fingerprint density at radius 2 is 1.91 bits per heavy atom. The molecule has 0 aliphatic carbocycles. The fourth-order valence-electron chi connectivity index (χ4n) is 1.05. The van der Waals surface area contributed by atoms with Crippen molar-refractivity contribution >= 4 is 23.2 Å². The minimum Gasteiger partial charge on any atom is -0.0843 e. The number of hydrogen-bond donors (Lipinski definition) is 0. The van der Waals surface area contributed by atoms with Crippen LogP contribution in [0.15, 0.2) is 12.1 Å². The van der Waals surface area contributed by atoms with E-state index >= 15 is 0 Å². The highest BCUT2D eigenvalue weighted by molar-refractivity contribution is 6.34. The molecule has 0 bridgehead atoms. The Kier molecular flexibility index (Phi) is 2.80. The van der Waals surface area contributed by atoms with Gasteiger partial charge in [-0.05, 0) is 36.6 Å². The molecule has 0 spiro atoms. The van der Waals surface area contributed by atoms with Crippen LogP contribution in [0.4, 0.5) is 0 Å². The van der Waals surface area contributed by atoms with Crippen molar-refractivity contribution in [2.75, 3.05) is 0 Å². The second-order valence-corrected chi connectivity index (χ2v) is 3.36. The van der Waals surface area contributed by atoms with E-state index in [4.69, 9.17) is 23.2 Å². The van der Waals surface area contributed by atoms with Gasteiger partial charge in [-0.15, -0.1) is 0 Å². The zero-order valence-electron chi connectivity index (χ0n) is 6.62. The van der Waals surface area contributed by atoms with Crippen LogP contribution in [-0.2, 0) is 6.42 Å². The number of rotatable bonds is 1. The van der Waals surface area contributed by atoms with Crippen LogP contribution in [0.5, 0.6) is 0 Å². The smallest absolute Gasteiger partial charge is 0.0468 e. The summed E-state index contributed by atoms with van der Waals surface area (Å²) in [7, 11) is 0. The molecule has 60 valence electrons. The van der Waals surface area contributed by atoms with E-state index in [1.807, 2.05) is 19.1 Å². The summed E-state index contributed by atoms with van der Waals surface area (Å²) in [6.07, 6.45) is 0.931. The quantitative estimate of drug-likeness (QED) is 0.629. The molecule has 0 saturated heterocycles. The van der Waals surface area contributed by atoms with Crippen molar-refractivity contribution < 1.29 is 0 Å². The van der Waals surface area contributed by atoms with Crippen LogP contribution in [0.25, 0.3) is 0 Å². The first kappa shape index (κ1) is 8.89. The summed E-state index contributed by atoms with van der Waals surface area (Å²) in [4.78, 5) is 0. The van der Waals surface area contributed by atoms with Crippen molar-refractivity contribution in [3.05, 3.63) is 33.3 Å². The Bertz CT molecular complexity index is 267. The summed E-state index contributed by atoms with van der Waals surface area (Å²) in [5, 5.41) is 1.61. The molecule has 1 aromatic rings.